The molecular formula is C19H28Cl3N5O. The van der Waals surface area contributed by atoms with Gasteiger partial charge in [0.15, 0.2) is 0 Å². The van der Waals surface area contributed by atoms with Gasteiger partial charge in [-0.1, -0.05) is 18.2 Å². The van der Waals surface area contributed by atoms with Gasteiger partial charge in [-0.25, -0.2) is 4.98 Å². The van der Waals surface area contributed by atoms with Crippen LogP contribution in [0.1, 0.15) is 12.0 Å². The Morgan fingerprint density at radius 2 is 1.68 bits per heavy atom. The van der Waals surface area contributed by atoms with Crippen LogP contribution < -0.4 is 16.0 Å². The third-order valence-corrected chi connectivity index (χ3v) is 4.36. The molecule has 0 spiro atoms. The summed E-state index contributed by atoms with van der Waals surface area (Å²) < 4.78 is 0. The fraction of sp³-hybridized carbons (Fsp3) is 0.368. The number of aromatic nitrogens is 1. The molecule has 3 rings (SSSR count). The first-order valence-electron chi connectivity index (χ1n) is 8.72. The molecule has 6 nitrogen and oxygen atoms in total. The maximum Gasteiger partial charge on any atom is 0.225 e. The number of amides is 1. The molecule has 9 heteroatoms. The molecular weight excluding hydrogens is 421 g/mol. The van der Waals surface area contributed by atoms with E-state index in [1.165, 1.54) is 5.56 Å². The molecule has 1 aliphatic heterocycles. The molecule has 0 atom stereocenters. The van der Waals surface area contributed by atoms with Crippen molar-refractivity contribution in [1.82, 2.24) is 9.88 Å². The molecule has 0 aliphatic carbocycles. The smallest absolute Gasteiger partial charge is 0.225 e. The van der Waals surface area contributed by atoms with Crippen molar-refractivity contribution in [3.8, 4) is 0 Å². The van der Waals surface area contributed by atoms with Gasteiger partial charge < -0.3 is 16.0 Å². The summed E-state index contributed by atoms with van der Waals surface area (Å²) >= 11 is 0. The van der Waals surface area contributed by atoms with Gasteiger partial charge in [-0.05, 0) is 29.8 Å². The quantitative estimate of drug-likeness (QED) is 0.711. The summed E-state index contributed by atoms with van der Waals surface area (Å²) in [5.74, 6) is 1.01. The summed E-state index contributed by atoms with van der Waals surface area (Å²) in [6, 6.07) is 14.1. The standard InChI is InChI=1S/C19H25N5O.3ClH/c20-9-8-19(25)22-17-6-4-16(5-7-17)15-23-11-13-24(14-12-23)18-3-1-2-10-21-18;;;/h1-7,10H,8-9,11-15,20H2,(H,22,25);3*1H. The molecule has 1 aromatic heterocycles. The highest BCUT2D eigenvalue weighted by atomic mass is 35.5. The Morgan fingerprint density at radius 3 is 2.25 bits per heavy atom. The number of nitrogens with two attached hydrogens (primary N) is 1. The molecule has 1 saturated heterocycles. The van der Waals surface area contributed by atoms with Crippen LogP contribution in [-0.4, -0.2) is 48.5 Å². The van der Waals surface area contributed by atoms with E-state index < -0.39 is 0 Å². The number of hydrogen-bond donors (Lipinski definition) is 2. The fourth-order valence-corrected chi connectivity index (χ4v) is 2.98. The Kier molecular flexibility index (Phi) is 12.8. The van der Waals surface area contributed by atoms with Gasteiger partial charge in [-0.15, -0.1) is 37.2 Å². The molecule has 156 valence electrons. The van der Waals surface area contributed by atoms with E-state index in [0.717, 1.165) is 44.2 Å². The summed E-state index contributed by atoms with van der Waals surface area (Å²) in [6.07, 6.45) is 2.19. The molecule has 0 radical (unpaired) electrons. The van der Waals surface area contributed by atoms with Crippen molar-refractivity contribution < 1.29 is 4.79 Å². The lowest BCUT2D eigenvalue weighted by Gasteiger charge is -2.35. The normalized spacial score (nSPS) is 13.5. The number of carbonyl (C=O) groups is 1. The lowest BCUT2D eigenvalue weighted by atomic mass is 10.1. The highest BCUT2D eigenvalue weighted by Crippen LogP contribution is 2.16. The lowest BCUT2D eigenvalue weighted by molar-refractivity contribution is -0.116. The van der Waals surface area contributed by atoms with E-state index in [4.69, 9.17) is 5.73 Å². The van der Waals surface area contributed by atoms with E-state index in [0.29, 0.717) is 13.0 Å². The van der Waals surface area contributed by atoms with Crippen LogP contribution in [0.5, 0.6) is 0 Å². The van der Waals surface area contributed by atoms with Gasteiger partial charge in [0.1, 0.15) is 5.82 Å². The van der Waals surface area contributed by atoms with Crippen molar-refractivity contribution >= 4 is 54.6 Å². The van der Waals surface area contributed by atoms with Gasteiger partial charge in [0.25, 0.3) is 0 Å². The Hall–Kier alpha value is -1.57. The largest absolute Gasteiger partial charge is 0.354 e. The Bertz CT molecular complexity index is 680. The molecule has 3 N–H and O–H groups in total. The van der Waals surface area contributed by atoms with Crippen LogP contribution in [0, 0.1) is 0 Å². The number of anilines is 2. The van der Waals surface area contributed by atoms with Crippen LogP contribution in [0.15, 0.2) is 48.7 Å². The minimum absolute atomic E-state index is 0. The SMILES string of the molecule is Cl.Cl.Cl.NCCC(=O)Nc1ccc(CN2CCN(c3ccccn3)CC2)cc1. The minimum atomic E-state index is -0.0408. The molecule has 0 unspecified atom stereocenters. The zero-order chi connectivity index (χ0) is 17.5. The number of nitrogens with one attached hydrogen (secondary N) is 1. The van der Waals surface area contributed by atoms with E-state index in [1.54, 1.807) is 0 Å². The van der Waals surface area contributed by atoms with Crippen molar-refractivity contribution in [2.45, 2.75) is 13.0 Å². The molecule has 28 heavy (non-hydrogen) atoms. The average Bonchev–Trinajstić information content (AvgIpc) is 2.65. The van der Waals surface area contributed by atoms with Crippen molar-refractivity contribution in [2.75, 3.05) is 42.9 Å². The number of pyridine rings is 1. The van der Waals surface area contributed by atoms with Crippen molar-refractivity contribution in [3.63, 3.8) is 0 Å². The zero-order valence-electron chi connectivity index (χ0n) is 15.6. The summed E-state index contributed by atoms with van der Waals surface area (Å²) in [6.45, 7) is 5.31. The molecule has 2 aromatic rings. The van der Waals surface area contributed by atoms with Gasteiger partial charge in [0.2, 0.25) is 5.91 Å². The Morgan fingerprint density at radius 1 is 1.00 bits per heavy atom. The maximum absolute atomic E-state index is 11.6. The molecule has 2 heterocycles. The summed E-state index contributed by atoms with van der Waals surface area (Å²) in [4.78, 5) is 20.7. The van der Waals surface area contributed by atoms with Crippen LogP contribution in [0.4, 0.5) is 11.5 Å². The zero-order valence-corrected chi connectivity index (χ0v) is 18.1. The first-order valence-corrected chi connectivity index (χ1v) is 8.72. The van der Waals surface area contributed by atoms with E-state index >= 15 is 0 Å². The first kappa shape index (κ1) is 26.4. The van der Waals surface area contributed by atoms with Gasteiger partial charge in [0, 0.05) is 57.6 Å². The van der Waals surface area contributed by atoms with Crippen LogP contribution in [0.2, 0.25) is 0 Å². The summed E-state index contributed by atoms with van der Waals surface area (Å²) in [5, 5.41) is 2.85. The van der Waals surface area contributed by atoms with Crippen LogP contribution in [0.3, 0.4) is 0 Å². The van der Waals surface area contributed by atoms with Gasteiger partial charge >= 0.3 is 0 Å². The van der Waals surface area contributed by atoms with Gasteiger partial charge in [-0.3, -0.25) is 9.69 Å². The highest BCUT2D eigenvalue weighted by molar-refractivity contribution is 5.90. The summed E-state index contributed by atoms with van der Waals surface area (Å²) in [7, 11) is 0. The molecule has 1 aliphatic rings. The second-order valence-electron chi connectivity index (χ2n) is 6.23. The van der Waals surface area contributed by atoms with E-state index in [2.05, 4.69) is 38.3 Å². The molecule has 1 amide bonds. The topological polar surface area (TPSA) is 74.5 Å². The number of halogens is 3. The minimum Gasteiger partial charge on any atom is -0.354 e. The number of piperazine rings is 1. The Labute approximate surface area is 185 Å². The molecule has 0 bridgehead atoms. The second kappa shape index (κ2) is 13.6. The predicted molar refractivity (Wildman–Crippen MR) is 122 cm³/mol. The monoisotopic (exact) mass is 447 g/mol. The van der Waals surface area contributed by atoms with Crippen LogP contribution in [0.25, 0.3) is 0 Å². The highest BCUT2D eigenvalue weighted by Gasteiger charge is 2.17. The summed E-state index contributed by atoms with van der Waals surface area (Å²) in [5.41, 5.74) is 7.46. The molecule has 1 fully saturated rings. The van der Waals surface area contributed by atoms with Crippen LogP contribution >= 0.6 is 37.2 Å². The number of nitrogens with zero attached hydrogens (tertiary/aromatic N) is 3. The van der Waals surface area contributed by atoms with E-state index in [-0.39, 0.29) is 43.1 Å². The van der Waals surface area contributed by atoms with Crippen molar-refractivity contribution in [2.24, 2.45) is 5.73 Å². The number of carbonyl (C=O) groups excluding carboxylic acids is 1. The third-order valence-electron chi connectivity index (χ3n) is 4.36. The average molecular weight is 449 g/mol. The first-order chi connectivity index (χ1) is 12.2. The Balaban J connectivity index is 0.00000243. The third kappa shape index (κ3) is 7.81. The number of rotatable bonds is 6. The molecule has 0 saturated carbocycles. The lowest BCUT2D eigenvalue weighted by Crippen LogP contribution is -2.46. The van der Waals surface area contributed by atoms with E-state index in [1.807, 2.05) is 30.5 Å². The predicted octanol–water partition coefficient (Wildman–Crippen LogP) is 2.96. The second-order valence-corrected chi connectivity index (χ2v) is 6.23. The molecule has 1 aromatic carbocycles. The van der Waals surface area contributed by atoms with E-state index in [9.17, 15) is 4.79 Å². The number of benzene rings is 1. The fourth-order valence-electron chi connectivity index (χ4n) is 2.98. The van der Waals surface area contributed by atoms with Crippen molar-refractivity contribution in [1.29, 1.82) is 0 Å². The number of hydrogen-bond acceptors (Lipinski definition) is 5. The van der Waals surface area contributed by atoms with Gasteiger partial charge in [0.05, 0.1) is 0 Å². The maximum atomic E-state index is 11.6. The van der Waals surface area contributed by atoms with Crippen molar-refractivity contribution in [3.05, 3.63) is 54.2 Å². The van der Waals surface area contributed by atoms with Crippen LogP contribution in [-0.2, 0) is 11.3 Å². The van der Waals surface area contributed by atoms with Gasteiger partial charge in [-0.2, -0.15) is 0 Å².